The molecule has 0 aliphatic carbocycles. The van der Waals surface area contributed by atoms with Crippen LogP contribution in [0, 0.1) is 6.92 Å². The van der Waals surface area contributed by atoms with E-state index in [1.807, 2.05) is 18.2 Å². The number of carbonyl (C=O) groups is 1. The van der Waals surface area contributed by atoms with Crippen LogP contribution in [0.4, 0.5) is 5.69 Å². The third kappa shape index (κ3) is 3.23. The fourth-order valence-electron chi connectivity index (χ4n) is 2.88. The normalized spacial score (nSPS) is 12.1. The number of aryl methyl sites for hydroxylation is 1. The van der Waals surface area contributed by atoms with Gasteiger partial charge in [-0.05, 0) is 47.4 Å². The van der Waals surface area contributed by atoms with Crippen molar-refractivity contribution in [2.24, 2.45) is 0 Å². The Morgan fingerprint density at radius 3 is 2.62 bits per heavy atom. The zero-order valence-corrected chi connectivity index (χ0v) is 13.8. The molecule has 4 nitrogen and oxygen atoms in total. The summed E-state index contributed by atoms with van der Waals surface area (Å²) in [6.07, 6.45) is 4.17. The van der Waals surface area contributed by atoms with Crippen LogP contribution in [-0.4, -0.2) is 22.1 Å². The van der Waals surface area contributed by atoms with Crippen LogP contribution in [0.1, 0.15) is 23.6 Å². The highest BCUT2D eigenvalue weighted by Crippen LogP contribution is 2.26. The van der Waals surface area contributed by atoms with E-state index in [4.69, 9.17) is 5.11 Å². The highest BCUT2D eigenvalue weighted by atomic mass is 16.4. The number of hydrogen-bond donors (Lipinski definition) is 2. The van der Waals surface area contributed by atoms with Crippen LogP contribution in [0.3, 0.4) is 0 Å². The third-order valence-electron chi connectivity index (χ3n) is 4.26. The first-order valence-electron chi connectivity index (χ1n) is 7.95. The van der Waals surface area contributed by atoms with Gasteiger partial charge >= 0.3 is 5.97 Å². The zero-order valence-electron chi connectivity index (χ0n) is 13.8. The summed E-state index contributed by atoms with van der Waals surface area (Å²) in [5.41, 5.74) is 4.25. The molecule has 1 atom stereocenters. The number of carboxylic acids is 1. The average molecular weight is 320 g/mol. The van der Waals surface area contributed by atoms with E-state index in [2.05, 4.69) is 41.5 Å². The maximum absolute atomic E-state index is 11.1. The van der Waals surface area contributed by atoms with Gasteiger partial charge < -0.3 is 10.4 Å². The monoisotopic (exact) mass is 320 g/mol. The van der Waals surface area contributed by atoms with Crippen molar-refractivity contribution in [3.63, 3.8) is 0 Å². The molecule has 0 saturated heterocycles. The van der Waals surface area contributed by atoms with Crippen molar-refractivity contribution in [1.29, 1.82) is 0 Å². The second-order valence-corrected chi connectivity index (χ2v) is 6.00. The number of rotatable bonds is 5. The summed E-state index contributed by atoms with van der Waals surface area (Å²) in [5.74, 6) is -0.876. The maximum atomic E-state index is 11.1. The largest absolute Gasteiger partial charge is 0.480 e. The summed E-state index contributed by atoms with van der Waals surface area (Å²) in [7, 11) is 0. The van der Waals surface area contributed by atoms with Crippen molar-refractivity contribution in [3.05, 3.63) is 71.5 Å². The predicted molar refractivity (Wildman–Crippen MR) is 96.4 cm³/mol. The number of pyridine rings is 1. The molecular formula is C20H20N2O2. The molecule has 0 amide bonds. The van der Waals surface area contributed by atoms with E-state index in [9.17, 15) is 4.79 Å². The van der Waals surface area contributed by atoms with Gasteiger partial charge in [-0.25, -0.2) is 0 Å². The van der Waals surface area contributed by atoms with Crippen LogP contribution in [0.15, 0.2) is 54.9 Å². The van der Waals surface area contributed by atoms with E-state index < -0.39 is 12.0 Å². The summed E-state index contributed by atoms with van der Waals surface area (Å²) in [5, 5.41) is 14.6. The van der Waals surface area contributed by atoms with Gasteiger partial charge in [0.2, 0.25) is 0 Å². The molecule has 122 valence electrons. The molecule has 1 aromatic heterocycles. The minimum atomic E-state index is -0.876. The van der Waals surface area contributed by atoms with Crippen LogP contribution >= 0.6 is 0 Å². The first kappa shape index (κ1) is 16.0. The topological polar surface area (TPSA) is 62.2 Å². The molecule has 0 bridgehead atoms. The Balaban J connectivity index is 1.98. The minimum absolute atomic E-state index is 0.652. The number of anilines is 1. The molecule has 3 aromatic rings. The summed E-state index contributed by atoms with van der Waals surface area (Å²) >= 11 is 0. The van der Waals surface area contributed by atoms with Gasteiger partial charge in [0.05, 0.1) is 0 Å². The Morgan fingerprint density at radius 1 is 1.12 bits per heavy atom. The standard InChI is InChI=1S/C20H20N2O2/c1-13-7-8-15(18-6-4-3-5-17(13)18)11-16-12-21-10-9-19(16)22-14(2)20(23)24/h3-10,12,14H,11H2,1-2H3,(H,21,22)(H,23,24). The van der Waals surface area contributed by atoms with Crippen molar-refractivity contribution in [2.75, 3.05) is 5.32 Å². The quantitative estimate of drug-likeness (QED) is 0.745. The maximum Gasteiger partial charge on any atom is 0.325 e. The average Bonchev–Trinajstić information content (AvgIpc) is 2.59. The molecule has 0 spiro atoms. The second kappa shape index (κ2) is 6.71. The predicted octanol–water partition coefficient (Wildman–Crippen LogP) is 4.02. The van der Waals surface area contributed by atoms with Gasteiger partial charge in [-0.1, -0.05) is 36.4 Å². The molecule has 0 radical (unpaired) electrons. The molecule has 3 rings (SSSR count). The Kier molecular flexibility index (Phi) is 4.47. The molecule has 1 heterocycles. The molecule has 0 saturated carbocycles. The summed E-state index contributed by atoms with van der Waals surface area (Å²) in [6.45, 7) is 3.74. The van der Waals surface area contributed by atoms with Crippen LogP contribution in [0.5, 0.6) is 0 Å². The van der Waals surface area contributed by atoms with Gasteiger partial charge in [0.15, 0.2) is 0 Å². The van der Waals surface area contributed by atoms with Crippen LogP contribution < -0.4 is 5.32 Å². The second-order valence-electron chi connectivity index (χ2n) is 6.00. The van der Waals surface area contributed by atoms with Crippen molar-refractivity contribution in [1.82, 2.24) is 4.98 Å². The van der Waals surface area contributed by atoms with E-state index in [-0.39, 0.29) is 0 Å². The van der Waals surface area contributed by atoms with E-state index in [0.717, 1.165) is 11.3 Å². The van der Waals surface area contributed by atoms with E-state index in [1.54, 1.807) is 19.3 Å². The van der Waals surface area contributed by atoms with E-state index in [1.165, 1.54) is 21.9 Å². The molecule has 0 fully saturated rings. The van der Waals surface area contributed by atoms with Gasteiger partial charge in [-0.2, -0.15) is 0 Å². The Labute approximate surface area is 141 Å². The molecule has 24 heavy (non-hydrogen) atoms. The SMILES string of the molecule is Cc1ccc(Cc2cnccc2NC(C)C(=O)O)c2ccccc12. The fraction of sp³-hybridized carbons (Fsp3) is 0.200. The van der Waals surface area contributed by atoms with E-state index >= 15 is 0 Å². The molecule has 4 heteroatoms. The van der Waals surface area contributed by atoms with Crippen molar-refractivity contribution >= 4 is 22.4 Å². The number of aliphatic carboxylic acids is 1. The fourth-order valence-corrected chi connectivity index (χ4v) is 2.88. The first-order chi connectivity index (χ1) is 11.6. The number of aromatic nitrogens is 1. The summed E-state index contributed by atoms with van der Waals surface area (Å²) in [4.78, 5) is 15.3. The van der Waals surface area contributed by atoms with Crippen molar-refractivity contribution in [3.8, 4) is 0 Å². The number of carboxylic acid groups (broad SMARTS) is 1. The molecule has 1 unspecified atom stereocenters. The zero-order chi connectivity index (χ0) is 17.1. The Bertz CT molecular complexity index is 890. The number of fused-ring (bicyclic) bond motifs is 1. The van der Waals surface area contributed by atoms with Gasteiger partial charge in [0.1, 0.15) is 6.04 Å². The molecule has 2 N–H and O–H groups in total. The molecule has 0 aliphatic rings. The lowest BCUT2D eigenvalue weighted by Crippen LogP contribution is -2.26. The van der Waals surface area contributed by atoms with Crippen LogP contribution in [0.2, 0.25) is 0 Å². The smallest absolute Gasteiger partial charge is 0.325 e. The van der Waals surface area contributed by atoms with Crippen molar-refractivity contribution < 1.29 is 9.90 Å². The lowest BCUT2D eigenvalue weighted by Gasteiger charge is -2.16. The summed E-state index contributed by atoms with van der Waals surface area (Å²) in [6, 6.07) is 13.8. The van der Waals surface area contributed by atoms with Crippen LogP contribution in [-0.2, 0) is 11.2 Å². The van der Waals surface area contributed by atoms with Gasteiger partial charge in [-0.3, -0.25) is 9.78 Å². The number of hydrogen-bond acceptors (Lipinski definition) is 3. The number of nitrogens with zero attached hydrogens (tertiary/aromatic N) is 1. The first-order valence-corrected chi connectivity index (χ1v) is 7.95. The van der Waals surface area contributed by atoms with Gasteiger partial charge in [0.25, 0.3) is 0 Å². The molecule has 0 aliphatic heterocycles. The third-order valence-corrected chi connectivity index (χ3v) is 4.26. The van der Waals surface area contributed by atoms with Crippen LogP contribution in [0.25, 0.3) is 10.8 Å². The van der Waals surface area contributed by atoms with E-state index in [0.29, 0.717) is 6.42 Å². The summed E-state index contributed by atoms with van der Waals surface area (Å²) < 4.78 is 0. The number of benzene rings is 2. The Hall–Kier alpha value is -2.88. The highest BCUT2D eigenvalue weighted by Gasteiger charge is 2.13. The van der Waals surface area contributed by atoms with Gasteiger partial charge in [0, 0.05) is 24.5 Å². The molecular weight excluding hydrogens is 300 g/mol. The minimum Gasteiger partial charge on any atom is -0.480 e. The van der Waals surface area contributed by atoms with Crippen molar-refractivity contribution in [2.45, 2.75) is 26.3 Å². The lowest BCUT2D eigenvalue weighted by molar-refractivity contribution is -0.137. The highest BCUT2D eigenvalue weighted by molar-refractivity contribution is 5.89. The Morgan fingerprint density at radius 2 is 1.88 bits per heavy atom. The molecule has 2 aromatic carbocycles. The van der Waals surface area contributed by atoms with Gasteiger partial charge in [-0.15, -0.1) is 0 Å². The number of nitrogens with one attached hydrogen (secondary N) is 1. The lowest BCUT2D eigenvalue weighted by atomic mass is 9.96.